The fraction of sp³-hybridized carbons (Fsp3) is 0.190. The maximum atomic E-state index is 2.22. The molecular formula is C84H90. The van der Waals surface area contributed by atoms with Crippen LogP contribution in [0.3, 0.4) is 0 Å². The Hall–Kier alpha value is -8.84. The minimum atomic E-state index is 1.33. The van der Waals surface area contributed by atoms with E-state index in [1.807, 2.05) is 0 Å². The number of aryl methyl sites for hydroxylation is 16. The lowest BCUT2D eigenvalue weighted by atomic mass is 10.0. The molecule has 0 aromatic heterocycles. The van der Waals surface area contributed by atoms with E-state index >= 15 is 0 Å². The van der Waals surface area contributed by atoms with Crippen LogP contribution >= 0.6 is 0 Å². The van der Waals surface area contributed by atoms with Gasteiger partial charge in [0.15, 0.2) is 0 Å². The summed E-state index contributed by atoms with van der Waals surface area (Å²) in [5.74, 6) is 0. The molecule has 0 saturated carbocycles. The predicted molar refractivity (Wildman–Crippen MR) is 375 cm³/mol. The van der Waals surface area contributed by atoms with Crippen molar-refractivity contribution in [2.24, 2.45) is 0 Å². The summed E-state index contributed by atoms with van der Waals surface area (Å²) >= 11 is 0. The number of hydrogen-bond acceptors (Lipinski definition) is 0. The second-order valence-corrected chi connectivity index (χ2v) is 22.7. The van der Waals surface area contributed by atoms with E-state index in [0.717, 1.165) is 0 Å². The van der Waals surface area contributed by atoms with Crippen molar-refractivity contribution in [2.45, 2.75) is 111 Å². The van der Waals surface area contributed by atoms with Crippen LogP contribution in [0.5, 0.6) is 0 Å². The lowest BCUT2D eigenvalue weighted by Crippen LogP contribution is -1.82. The molecule has 0 radical (unpaired) electrons. The van der Waals surface area contributed by atoms with Crippen LogP contribution in [-0.4, -0.2) is 0 Å². The molecule has 0 spiro atoms. The van der Waals surface area contributed by atoms with E-state index < -0.39 is 0 Å². The lowest BCUT2D eigenvalue weighted by molar-refractivity contribution is 1.34. The van der Waals surface area contributed by atoms with Gasteiger partial charge in [0.2, 0.25) is 0 Å². The second-order valence-electron chi connectivity index (χ2n) is 22.7. The van der Waals surface area contributed by atoms with Crippen molar-refractivity contribution in [3.63, 3.8) is 0 Å². The molecular weight excluding hydrogens is 1010 g/mol. The zero-order chi connectivity index (χ0) is 60.7. The summed E-state index contributed by atoms with van der Waals surface area (Å²) in [5.41, 5.74) is 21.7. The molecule has 84 heavy (non-hydrogen) atoms. The summed E-state index contributed by atoms with van der Waals surface area (Å²) in [7, 11) is 0. The molecule has 0 aliphatic heterocycles. The first-order valence-electron chi connectivity index (χ1n) is 29.6. The van der Waals surface area contributed by atoms with Gasteiger partial charge in [-0.05, 0) is 220 Å². The van der Waals surface area contributed by atoms with Crippen molar-refractivity contribution >= 4 is 53.9 Å². The summed E-state index contributed by atoms with van der Waals surface area (Å²) < 4.78 is 0. The Morgan fingerprint density at radius 1 is 0.143 bits per heavy atom. The van der Waals surface area contributed by atoms with E-state index in [4.69, 9.17) is 0 Å². The third-order valence-corrected chi connectivity index (χ3v) is 15.5. The molecule has 0 aliphatic carbocycles. The van der Waals surface area contributed by atoms with Crippen LogP contribution in [-0.2, 0) is 0 Å². The Kier molecular flexibility index (Phi) is 24.6. The summed E-state index contributed by atoms with van der Waals surface area (Å²) in [6.07, 6.45) is 0. The first kappa shape index (κ1) is 64.3. The van der Waals surface area contributed by atoms with Gasteiger partial charge < -0.3 is 0 Å². The maximum Gasteiger partial charge on any atom is -0.0152 e. The van der Waals surface area contributed by atoms with Gasteiger partial charge in [-0.25, -0.2) is 0 Å². The Labute approximate surface area is 505 Å². The molecule has 0 fully saturated rings. The lowest BCUT2D eigenvalue weighted by Gasteiger charge is -2.04. The molecule has 0 heterocycles. The molecule has 0 nitrogen and oxygen atoms in total. The molecule has 0 N–H and O–H groups in total. The van der Waals surface area contributed by atoms with E-state index in [9.17, 15) is 0 Å². The number of fused-ring (bicyclic) bond motifs is 5. The van der Waals surface area contributed by atoms with Gasteiger partial charge >= 0.3 is 0 Å². The molecule has 0 unspecified atom stereocenters. The quantitative estimate of drug-likeness (QED) is 0.142. The summed E-state index contributed by atoms with van der Waals surface area (Å²) in [5, 5.41) is 13.6. The van der Waals surface area contributed by atoms with Gasteiger partial charge in [-0.3, -0.25) is 0 Å². The average Bonchev–Trinajstić information content (AvgIpc) is 3.63. The van der Waals surface area contributed by atoms with E-state index in [1.165, 1.54) is 143 Å². The second kappa shape index (κ2) is 32.1. The van der Waals surface area contributed by atoms with Gasteiger partial charge in [0.1, 0.15) is 0 Å². The molecule has 13 aromatic carbocycles. The van der Waals surface area contributed by atoms with Crippen molar-refractivity contribution in [2.75, 3.05) is 0 Å². The molecule has 0 aliphatic rings. The topological polar surface area (TPSA) is 0 Å². The van der Waals surface area contributed by atoms with Crippen molar-refractivity contribution in [1.29, 1.82) is 0 Å². The van der Waals surface area contributed by atoms with Crippen LogP contribution in [0.15, 0.2) is 255 Å². The van der Waals surface area contributed by atoms with E-state index in [1.54, 1.807) is 0 Å². The third kappa shape index (κ3) is 19.4. The first-order valence-corrected chi connectivity index (χ1v) is 29.6. The van der Waals surface area contributed by atoms with Crippen molar-refractivity contribution in [3.8, 4) is 0 Å². The average molecular weight is 1100 g/mol. The number of benzene rings is 13. The largest absolute Gasteiger partial charge is 0.0620 e. The smallest absolute Gasteiger partial charge is 0.0152 e. The van der Waals surface area contributed by atoms with Gasteiger partial charge in [-0.1, -0.05) is 288 Å². The fourth-order valence-corrected chi connectivity index (χ4v) is 10.1. The minimum absolute atomic E-state index is 1.33. The SMILES string of the molecule is Cc1cc(C)c2ccccc2c1.Cc1ccc(C)c2ccccc12.Cc1ccc(C)cc1.Cc1ccc2c(C)cccc2c1.Cc1ccc2ccccc2c1C.Cc1cccc(C)c1.Cc1cccc2c(C)cccc12.Cc1ccccc1C. The zero-order valence-electron chi connectivity index (χ0n) is 53.2. The summed E-state index contributed by atoms with van der Waals surface area (Å²) in [4.78, 5) is 0. The standard InChI is InChI=1S/5C12H12.3C8H10/c1-9-5-3-8-12-10(2)6-4-7-11(9)12;1-9-6-7-12-10(2)4-3-5-11(12)8-9;1-9-7-10(2)12-6-4-3-5-11(12)8-9;1-9-7-8-11-5-3-4-6-12(11)10(9)2;1-9-7-8-10(2)12-6-4-3-5-11(9)12;1-7-3-5-8(2)6-4-7;1-7-4-3-5-8(2)6-7;1-7-5-3-4-6-8(7)2/h5*3-8H,1-2H3;3*3-6H,1-2H3. The van der Waals surface area contributed by atoms with E-state index in [-0.39, 0.29) is 0 Å². The Bertz CT molecular complexity index is 3990. The molecule has 0 bridgehead atoms. The number of hydrogen-bond donors (Lipinski definition) is 0. The zero-order valence-corrected chi connectivity index (χ0v) is 53.2. The van der Waals surface area contributed by atoms with Crippen LogP contribution < -0.4 is 0 Å². The number of rotatable bonds is 0. The van der Waals surface area contributed by atoms with Crippen LogP contribution in [0.2, 0.25) is 0 Å². The highest BCUT2D eigenvalue weighted by Crippen LogP contribution is 2.24. The van der Waals surface area contributed by atoms with Gasteiger partial charge in [0, 0.05) is 0 Å². The van der Waals surface area contributed by atoms with E-state index in [0.29, 0.717) is 0 Å². The Morgan fingerprint density at radius 2 is 0.452 bits per heavy atom. The van der Waals surface area contributed by atoms with Crippen LogP contribution in [0.1, 0.15) is 89.0 Å². The third-order valence-electron chi connectivity index (χ3n) is 15.5. The summed E-state index contributed by atoms with van der Waals surface area (Å²) in [6.45, 7) is 34.2. The monoisotopic (exact) mass is 1100 g/mol. The first-order chi connectivity index (χ1) is 40.3. The fourth-order valence-electron chi connectivity index (χ4n) is 10.1. The van der Waals surface area contributed by atoms with Crippen LogP contribution in [0.4, 0.5) is 0 Å². The molecule has 13 rings (SSSR count). The van der Waals surface area contributed by atoms with Crippen molar-refractivity contribution in [3.05, 3.63) is 344 Å². The highest BCUT2D eigenvalue weighted by atomic mass is 14.1. The Morgan fingerprint density at radius 3 is 0.929 bits per heavy atom. The van der Waals surface area contributed by atoms with Crippen LogP contribution in [0, 0.1) is 111 Å². The predicted octanol–water partition coefficient (Wildman–Crippen LogP) is 24.2. The molecule has 0 amide bonds. The van der Waals surface area contributed by atoms with Gasteiger partial charge in [-0.2, -0.15) is 0 Å². The Balaban J connectivity index is 0.000000155. The minimum Gasteiger partial charge on any atom is -0.0620 e. The molecule has 0 saturated heterocycles. The van der Waals surface area contributed by atoms with Gasteiger partial charge in [0.25, 0.3) is 0 Å². The molecule has 426 valence electrons. The van der Waals surface area contributed by atoms with Crippen molar-refractivity contribution in [1.82, 2.24) is 0 Å². The van der Waals surface area contributed by atoms with Crippen LogP contribution in [0.25, 0.3) is 53.9 Å². The molecule has 0 heteroatoms. The molecule has 13 aromatic rings. The van der Waals surface area contributed by atoms with Gasteiger partial charge in [-0.15, -0.1) is 0 Å². The highest BCUT2D eigenvalue weighted by Gasteiger charge is 2.01. The highest BCUT2D eigenvalue weighted by molar-refractivity contribution is 5.90. The van der Waals surface area contributed by atoms with Crippen molar-refractivity contribution < 1.29 is 0 Å². The maximum absolute atomic E-state index is 2.22. The summed E-state index contributed by atoms with van der Waals surface area (Å²) in [6, 6.07) is 89.9. The van der Waals surface area contributed by atoms with Gasteiger partial charge in [0.05, 0.1) is 0 Å². The normalized spacial score (nSPS) is 10.1. The molecule has 0 atom stereocenters. The van der Waals surface area contributed by atoms with E-state index in [2.05, 4.69) is 366 Å².